The number of hydrogen-bond acceptors (Lipinski definition) is 4. The van der Waals surface area contributed by atoms with Gasteiger partial charge < -0.3 is 0 Å². The topological polar surface area (TPSA) is 73.2 Å². The van der Waals surface area contributed by atoms with Crippen molar-refractivity contribution in [1.82, 2.24) is 3.97 Å². The first-order valence-electron chi connectivity index (χ1n) is 8.40. The first-order valence-corrected chi connectivity index (χ1v) is 11.7. The number of fused-ring (bicyclic) bond motifs is 1. The minimum atomic E-state index is -3.76. The average Bonchev–Trinajstić information content (AvgIpc) is 2.98. The molecule has 0 fully saturated rings. The molecule has 0 amide bonds. The molecule has 0 aliphatic rings. The molecule has 3 rings (SSSR count). The van der Waals surface area contributed by atoms with Crippen molar-refractivity contribution in [2.45, 2.75) is 36.0 Å². The van der Waals surface area contributed by atoms with Crippen molar-refractivity contribution in [1.29, 1.82) is 0 Å². The van der Waals surface area contributed by atoms with Gasteiger partial charge in [0, 0.05) is 17.3 Å². The maximum atomic E-state index is 13.2. The second-order valence-corrected chi connectivity index (χ2v) is 10.1. The maximum absolute atomic E-state index is 13.2. The summed E-state index contributed by atoms with van der Waals surface area (Å²) in [6.45, 7) is 2.04. The van der Waals surface area contributed by atoms with Gasteiger partial charge in [-0.3, -0.25) is 0 Å². The van der Waals surface area contributed by atoms with Crippen molar-refractivity contribution < 1.29 is 16.8 Å². The van der Waals surface area contributed by atoms with Crippen LogP contribution in [0.25, 0.3) is 10.9 Å². The fourth-order valence-corrected chi connectivity index (χ4v) is 5.22. The summed E-state index contributed by atoms with van der Waals surface area (Å²) in [7, 11) is -7.13. The Kier molecular flexibility index (Phi) is 4.94. The van der Waals surface area contributed by atoms with E-state index in [0.717, 1.165) is 19.1 Å². The fourth-order valence-electron chi connectivity index (χ4n) is 2.97. The molecule has 5 nitrogen and oxygen atoms in total. The molecule has 0 N–H and O–H groups in total. The molecule has 0 atom stereocenters. The second-order valence-electron chi connectivity index (χ2n) is 6.31. The molecule has 3 aromatic rings. The summed E-state index contributed by atoms with van der Waals surface area (Å²) >= 11 is 0. The minimum absolute atomic E-state index is 0.182. The van der Waals surface area contributed by atoms with E-state index < -0.39 is 19.9 Å². The molecule has 1 aromatic heterocycles. The Morgan fingerprint density at radius 3 is 2.19 bits per heavy atom. The largest absolute Gasteiger partial charge is 0.268 e. The fraction of sp³-hybridized carbons (Fsp3) is 0.263. The quantitative estimate of drug-likeness (QED) is 0.643. The molecule has 0 unspecified atom stereocenters. The van der Waals surface area contributed by atoms with E-state index in [4.69, 9.17) is 0 Å². The summed E-state index contributed by atoms with van der Waals surface area (Å²) in [5, 5.41) is 0.610. The molecular formula is C19H21NO4S2. The minimum Gasteiger partial charge on any atom is -0.238 e. The van der Waals surface area contributed by atoms with Gasteiger partial charge in [0.2, 0.25) is 0 Å². The van der Waals surface area contributed by atoms with Crippen LogP contribution >= 0.6 is 0 Å². The number of aromatic nitrogens is 1. The highest BCUT2D eigenvalue weighted by Crippen LogP contribution is 2.28. The Balaban J connectivity index is 2.28. The lowest BCUT2D eigenvalue weighted by atomic mass is 10.2. The Morgan fingerprint density at radius 1 is 0.885 bits per heavy atom. The Hall–Kier alpha value is -2.12. The molecule has 0 aliphatic carbocycles. The van der Waals surface area contributed by atoms with Gasteiger partial charge in [0.1, 0.15) is 0 Å². The monoisotopic (exact) mass is 391 g/mol. The summed E-state index contributed by atoms with van der Waals surface area (Å²) in [6, 6.07) is 14.6. The maximum Gasteiger partial charge on any atom is 0.268 e. The van der Waals surface area contributed by atoms with Crippen molar-refractivity contribution in [3.63, 3.8) is 0 Å². The molecule has 7 heteroatoms. The van der Waals surface area contributed by atoms with Crippen LogP contribution in [0.5, 0.6) is 0 Å². The van der Waals surface area contributed by atoms with Gasteiger partial charge in [0.05, 0.1) is 15.3 Å². The molecule has 138 valence electrons. The van der Waals surface area contributed by atoms with Crippen LogP contribution in [-0.2, 0) is 26.3 Å². The Bertz CT molecular complexity index is 1140. The molecule has 2 aromatic carbocycles. The van der Waals surface area contributed by atoms with Gasteiger partial charge in [-0.05, 0) is 49.2 Å². The smallest absolute Gasteiger partial charge is 0.238 e. The van der Waals surface area contributed by atoms with Crippen LogP contribution < -0.4 is 0 Å². The number of nitrogens with zero attached hydrogens (tertiary/aromatic N) is 1. The van der Waals surface area contributed by atoms with E-state index in [1.54, 1.807) is 42.5 Å². The highest BCUT2D eigenvalue weighted by Gasteiger charge is 2.23. The first kappa shape index (κ1) is 18.7. The Labute approximate surface area is 154 Å². The molecule has 26 heavy (non-hydrogen) atoms. The van der Waals surface area contributed by atoms with Crippen LogP contribution in [0.15, 0.2) is 64.4 Å². The molecule has 0 bridgehead atoms. The van der Waals surface area contributed by atoms with E-state index in [1.165, 1.54) is 16.1 Å². The third-order valence-corrected chi connectivity index (χ3v) is 7.19. The highest BCUT2D eigenvalue weighted by atomic mass is 32.2. The molecular weight excluding hydrogens is 370 g/mol. The molecule has 0 aliphatic heterocycles. The van der Waals surface area contributed by atoms with Crippen molar-refractivity contribution in [2.24, 2.45) is 0 Å². The van der Waals surface area contributed by atoms with Crippen molar-refractivity contribution in [2.75, 3.05) is 6.26 Å². The van der Waals surface area contributed by atoms with E-state index in [-0.39, 0.29) is 9.79 Å². The zero-order valence-electron chi connectivity index (χ0n) is 14.7. The lowest BCUT2D eigenvalue weighted by Crippen LogP contribution is -2.15. The molecule has 0 saturated carbocycles. The van der Waals surface area contributed by atoms with E-state index in [9.17, 15) is 16.8 Å². The van der Waals surface area contributed by atoms with Crippen molar-refractivity contribution >= 4 is 30.8 Å². The molecule has 1 heterocycles. The van der Waals surface area contributed by atoms with Crippen molar-refractivity contribution in [3.8, 4) is 0 Å². The number of unbranched alkanes of at least 4 members (excludes halogenated alkanes) is 1. The zero-order chi connectivity index (χ0) is 18.9. The van der Waals surface area contributed by atoms with Gasteiger partial charge in [-0.25, -0.2) is 20.8 Å². The standard InChI is InChI=1S/C19H21NO4S2/c1-3-4-8-16-13-15-14-18(25(2,21)22)11-12-19(15)20(16)26(23,24)17-9-6-5-7-10-17/h5-7,9-14H,3-4,8H2,1-2H3. The number of hydrogen-bond donors (Lipinski definition) is 0. The normalized spacial score (nSPS) is 12.5. The summed E-state index contributed by atoms with van der Waals surface area (Å²) < 4.78 is 51.5. The average molecular weight is 392 g/mol. The van der Waals surface area contributed by atoms with E-state index in [1.807, 2.05) is 6.92 Å². The third-order valence-electron chi connectivity index (χ3n) is 4.30. The predicted octanol–water partition coefficient (Wildman–Crippen LogP) is 3.62. The van der Waals surface area contributed by atoms with E-state index in [0.29, 0.717) is 23.0 Å². The van der Waals surface area contributed by atoms with Gasteiger partial charge >= 0.3 is 0 Å². The third kappa shape index (κ3) is 3.41. The molecule has 0 spiro atoms. The Morgan fingerprint density at radius 2 is 1.58 bits per heavy atom. The van der Waals surface area contributed by atoms with Gasteiger partial charge in [-0.2, -0.15) is 0 Å². The molecule has 0 radical (unpaired) electrons. The lowest BCUT2D eigenvalue weighted by molar-refractivity contribution is 0.586. The summed E-state index contributed by atoms with van der Waals surface area (Å²) in [4.78, 5) is 0.392. The van der Waals surface area contributed by atoms with Crippen LogP contribution in [0.3, 0.4) is 0 Å². The number of benzene rings is 2. The summed E-state index contributed by atoms with van der Waals surface area (Å²) in [5.41, 5.74) is 1.16. The SMILES string of the molecule is CCCCc1cc2cc(S(C)(=O)=O)ccc2n1S(=O)(=O)c1ccccc1. The second kappa shape index (κ2) is 6.89. The summed E-state index contributed by atoms with van der Waals surface area (Å²) in [6.07, 6.45) is 3.52. The number of rotatable bonds is 6. The van der Waals surface area contributed by atoms with Crippen LogP contribution in [-0.4, -0.2) is 27.1 Å². The van der Waals surface area contributed by atoms with Crippen LogP contribution in [0, 0.1) is 0 Å². The van der Waals surface area contributed by atoms with E-state index >= 15 is 0 Å². The highest BCUT2D eigenvalue weighted by molar-refractivity contribution is 7.90. The van der Waals surface area contributed by atoms with E-state index in [2.05, 4.69) is 0 Å². The van der Waals surface area contributed by atoms with Gasteiger partial charge in [-0.15, -0.1) is 0 Å². The van der Waals surface area contributed by atoms with Gasteiger partial charge in [0.25, 0.3) is 10.0 Å². The first-order chi connectivity index (χ1) is 12.2. The van der Waals surface area contributed by atoms with Crippen LogP contribution in [0.1, 0.15) is 25.5 Å². The zero-order valence-corrected chi connectivity index (χ0v) is 16.3. The number of aryl methyl sites for hydroxylation is 1. The van der Waals surface area contributed by atoms with Gasteiger partial charge in [0.15, 0.2) is 9.84 Å². The van der Waals surface area contributed by atoms with Gasteiger partial charge in [-0.1, -0.05) is 31.5 Å². The van der Waals surface area contributed by atoms with Crippen molar-refractivity contribution in [3.05, 3.63) is 60.3 Å². The predicted molar refractivity (Wildman–Crippen MR) is 103 cm³/mol. The van der Waals surface area contributed by atoms with Crippen LogP contribution in [0.2, 0.25) is 0 Å². The number of sulfone groups is 1. The molecule has 0 saturated heterocycles. The van der Waals surface area contributed by atoms with Crippen LogP contribution in [0.4, 0.5) is 0 Å². The summed E-state index contributed by atoms with van der Waals surface area (Å²) in [5.74, 6) is 0. The lowest BCUT2D eigenvalue weighted by Gasteiger charge is -2.12.